The van der Waals surface area contributed by atoms with Gasteiger partial charge in [0.05, 0.1) is 31.3 Å². The summed E-state index contributed by atoms with van der Waals surface area (Å²) in [7, 11) is 0. The number of carbonyl (C=O) groups excluding carboxylic acids is 1. The van der Waals surface area contributed by atoms with E-state index >= 15 is 0 Å². The van der Waals surface area contributed by atoms with Crippen LogP contribution in [0.15, 0.2) is 36.8 Å². The van der Waals surface area contributed by atoms with Gasteiger partial charge in [-0.3, -0.25) is 4.79 Å². The van der Waals surface area contributed by atoms with Gasteiger partial charge in [0.2, 0.25) is 0 Å². The van der Waals surface area contributed by atoms with Crippen LogP contribution in [0.25, 0.3) is 0 Å². The second kappa shape index (κ2) is 7.33. The first-order valence-corrected chi connectivity index (χ1v) is 10.5. The van der Waals surface area contributed by atoms with Crippen molar-refractivity contribution in [2.24, 2.45) is 0 Å². The zero-order valence-corrected chi connectivity index (χ0v) is 16.4. The third-order valence-electron chi connectivity index (χ3n) is 6.67. The Bertz CT molecular complexity index is 864. The lowest BCUT2D eigenvalue weighted by Gasteiger charge is -2.41. The second-order valence-corrected chi connectivity index (χ2v) is 8.32. The van der Waals surface area contributed by atoms with Crippen LogP contribution in [0.2, 0.25) is 0 Å². The average Bonchev–Trinajstić information content (AvgIpc) is 3.23. The fourth-order valence-corrected chi connectivity index (χ4v) is 5.11. The van der Waals surface area contributed by atoms with Crippen molar-refractivity contribution in [3.05, 3.63) is 53.6 Å². The van der Waals surface area contributed by atoms with Gasteiger partial charge in [-0.1, -0.05) is 31.2 Å². The number of ether oxygens (including phenoxy) is 1. The molecule has 3 aliphatic rings. The fourth-order valence-electron chi connectivity index (χ4n) is 5.11. The Balaban J connectivity index is 1.41. The number of amides is 1. The smallest absolute Gasteiger partial charge is 0.272 e. The van der Waals surface area contributed by atoms with Crippen molar-refractivity contribution < 1.29 is 9.53 Å². The summed E-state index contributed by atoms with van der Waals surface area (Å²) < 4.78 is 8.00. The fraction of sp³-hybridized carbons (Fsp3) is 0.545. The minimum absolute atomic E-state index is 0.0706. The highest BCUT2D eigenvalue weighted by molar-refractivity contribution is 5.92. The molecule has 1 unspecified atom stereocenters. The van der Waals surface area contributed by atoms with E-state index in [4.69, 9.17) is 4.74 Å². The highest BCUT2D eigenvalue weighted by atomic mass is 16.5. The predicted octanol–water partition coefficient (Wildman–Crippen LogP) is 2.57. The van der Waals surface area contributed by atoms with Gasteiger partial charge in [0.15, 0.2) is 0 Å². The molecule has 4 atom stereocenters. The van der Waals surface area contributed by atoms with Crippen molar-refractivity contribution in [3.63, 3.8) is 0 Å². The molecule has 2 aromatic rings. The Morgan fingerprint density at radius 3 is 2.96 bits per heavy atom. The Labute approximate surface area is 165 Å². The number of piperidine rings is 1. The van der Waals surface area contributed by atoms with Crippen LogP contribution in [0.5, 0.6) is 0 Å². The summed E-state index contributed by atoms with van der Waals surface area (Å²) in [6.45, 7) is 5.33. The maximum absolute atomic E-state index is 13.4. The minimum atomic E-state index is 0.0706. The van der Waals surface area contributed by atoms with Gasteiger partial charge >= 0.3 is 0 Å². The Morgan fingerprint density at radius 2 is 2.07 bits per heavy atom. The predicted molar refractivity (Wildman–Crippen MR) is 107 cm³/mol. The van der Waals surface area contributed by atoms with Crippen LogP contribution in [0.3, 0.4) is 0 Å². The lowest BCUT2D eigenvalue weighted by molar-refractivity contribution is -0.0417. The van der Waals surface area contributed by atoms with Crippen molar-refractivity contribution >= 4 is 5.91 Å². The van der Waals surface area contributed by atoms with Crippen LogP contribution in [-0.4, -0.2) is 58.7 Å². The quantitative estimate of drug-likeness (QED) is 0.870. The first-order valence-electron chi connectivity index (χ1n) is 10.5. The van der Waals surface area contributed by atoms with E-state index in [0.29, 0.717) is 24.2 Å². The largest absolute Gasteiger partial charge is 0.373 e. The van der Waals surface area contributed by atoms with E-state index in [0.717, 1.165) is 39.0 Å². The highest BCUT2D eigenvalue weighted by Crippen LogP contribution is 2.39. The number of carbonyl (C=O) groups is 1. The molecule has 0 radical (unpaired) electrons. The van der Waals surface area contributed by atoms with Gasteiger partial charge in [0.1, 0.15) is 5.69 Å². The highest BCUT2D eigenvalue weighted by Gasteiger charge is 2.36. The first kappa shape index (κ1) is 17.9. The zero-order valence-electron chi connectivity index (χ0n) is 16.4. The number of nitrogens with one attached hydrogen (secondary N) is 1. The van der Waals surface area contributed by atoms with Gasteiger partial charge in [-0.25, -0.2) is 4.98 Å². The number of hydrogen-bond donors (Lipinski definition) is 1. The third-order valence-corrected chi connectivity index (χ3v) is 6.67. The van der Waals surface area contributed by atoms with Gasteiger partial charge in [0.25, 0.3) is 5.91 Å². The van der Waals surface area contributed by atoms with Crippen LogP contribution < -0.4 is 5.32 Å². The summed E-state index contributed by atoms with van der Waals surface area (Å²) in [6.07, 6.45) is 6.76. The summed E-state index contributed by atoms with van der Waals surface area (Å²) in [5.74, 6) is 0.631. The van der Waals surface area contributed by atoms with Crippen LogP contribution in [0, 0.1) is 0 Å². The number of nitrogens with zero attached hydrogens (tertiary/aromatic N) is 3. The molecule has 6 heteroatoms. The summed E-state index contributed by atoms with van der Waals surface area (Å²) >= 11 is 0. The molecule has 0 saturated carbocycles. The summed E-state index contributed by atoms with van der Waals surface area (Å²) in [6, 6.07) is 9.19. The number of fused-ring (bicyclic) bond motifs is 2. The maximum Gasteiger partial charge on any atom is 0.272 e. The number of aromatic nitrogens is 2. The Morgan fingerprint density at radius 1 is 1.21 bits per heavy atom. The molecule has 1 N–H and O–H groups in total. The lowest BCUT2D eigenvalue weighted by atomic mass is 9.81. The van der Waals surface area contributed by atoms with Crippen molar-refractivity contribution in [1.29, 1.82) is 0 Å². The van der Waals surface area contributed by atoms with E-state index in [9.17, 15) is 4.79 Å². The standard InChI is InChI=1S/C22H28N4O2/c1-15-6-7-19(17-5-3-2-4-16(15)17)26-14-23-12-20(26)22(27)25-10-8-18-21(13-25)28-11-9-24-18/h2-5,12,14-15,18-19,21,24H,6-11,13H2,1H3/t15?,18-,19+,21-/m1/s1. The van der Waals surface area contributed by atoms with Gasteiger partial charge in [-0.05, 0) is 36.3 Å². The Hall–Kier alpha value is -2.18. The molecule has 2 aliphatic heterocycles. The second-order valence-electron chi connectivity index (χ2n) is 8.32. The number of morpholine rings is 1. The number of hydrogen-bond acceptors (Lipinski definition) is 4. The molecule has 1 aromatic heterocycles. The van der Waals surface area contributed by atoms with Crippen LogP contribution >= 0.6 is 0 Å². The lowest BCUT2D eigenvalue weighted by Crippen LogP contribution is -2.58. The zero-order chi connectivity index (χ0) is 19.1. The van der Waals surface area contributed by atoms with E-state index in [1.165, 1.54) is 11.1 Å². The molecule has 1 amide bonds. The van der Waals surface area contributed by atoms with Crippen LogP contribution in [0.4, 0.5) is 0 Å². The summed E-state index contributed by atoms with van der Waals surface area (Å²) in [5, 5.41) is 3.51. The summed E-state index contributed by atoms with van der Waals surface area (Å²) in [4.78, 5) is 19.7. The molecule has 3 heterocycles. The van der Waals surface area contributed by atoms with E-state index in [-0.39, 0.29) is 18.1 Å². The molecule has 0 spiro atoms. The molecular formula is C22H28N4O2. The van der Waals surface area contributed by atoms with E-state index in [1.54, 1.807) is 6.20 Å². The monoisotopic (exact) mass is 380 g/mol. The molecule has 5 rings (SSSR count). The molecule has 28 heavy (non-hydrogen) atoms. The van der Waals surface area contributed by atoms with Crippen molar-refractivity contribution in [2.75, 3.05) is 26.2 Å². The number of rotatable bonds is 2. The number of imidazole rings is 1. The van der Waals surface area contributed by atoms with Gasteiger partial charge in [-0.15, -0.1) is 0 Å². The molecular weight excluding hydrogens is 352 g/mol. The van der Waals surface area contributed by atoms with Gasteiger partial charge < -0.3 is 19.5 Å². The van der Waals surface area contributed by atoms with E-state index < -0.39 is 0 Å². The van der Waals surface area contributed by atoms with Gasteiger partial charge in [-0.2, -0.15) is 0 Å². The minimum Gasteiger partial charge on any atom is -0.373 e. The van der Waals surface area contributed by atoms with Crippen molar-refractivity contribution in [1.82, 2.24) is 19.8 Å². The SMILES string of the molecule is CC1CC[C@H](n2cncc2C(=O)N2CC[C@H]3NCCO[C@@H]3C2)c2ccccc21. The maximum atomic E-state index is 13.4. The first-order chi connectivity index (χ1) is 13.7. The number of benzene rings is 1. The molecule has 6 nitrogen and oxygen atoms in total. The molecule has 2 saturated heterocycles. The molecule has 1 aromatic carbocycles. The Kier molecular flexibility index (Phi) is 4.69. The number of likely N-dealkylation sites (tertiary alicyclic amines) is 1. The topological polar surface area (TPSA) is 59.4 Å². The van der Waals surface area contributed by atoms with E-state index in [1.807, 2.05) is 11.2 Å². The molecule has 148 valence electrons. The summed E-state index contributed by atoms with van der Waals surface area (Å²) in [5.41, 5.74) is 3.41. The van der Waals surface area contributed by atoms with Crippen LogP contribution in [0.1, 0.15) is 59.8 Å². The third kappa shape index (κ3) is 3.05. The normalized spacial score (nSPS) is 29.8. The van der Waals surface area contributed by atoms with Crippen molar-refractivity contribution in [2.45, 2.75) is 50.3 Å². The van der Waals surface area contributed by atoms with Gasteiger partial charge in [0, 0.05) is 25.7 Å². The average molecular weight is 380 g/mol. The molecule has 0 bridgehead atoms. The van der Waals surface area contributed by atoms with E-state index in [2.05, 4.69) is 46.1 Å². The molecule has 1 aliphatic carbocycles. The molecule has 2 fully saturated rings. The van der Waals surface area contributed by atoms with Crippen LogP contribution in [-0.2, 0) is 4.74 Å². The van der Waals surface area contributed by atoms with Crippen molar-refractivity contribution in [3.8, 4) is 0 Å².